The summed E-state index contributed by atoms with van der Waals surface area (Å²) in [6.45, 7) is 4.89. The van der Waals surface area contributed by atoms with Gasteiger partial charge in [-0.15, -0.1) is 0 Å². The van der Waals surface area contributed by atoms with Crippen LogP contribution in [0.1, 0.15) is 70.8 Å². The van der Waals surface area contributed by atoms with Crippen LogP contribution in [-0.2, 0) is 27.3 Å². The summed E-state index contributed by atoms with van der Waals surface area (Å²) in [6.07, 6.45) is 1.85. The normalized spacial score (nSPS) is 16.2. The van der Waals surface area contributed by atoms with Crippen molar-refractivity contribution in [3.8, 4) is 16.9 Å². The number of aromatic hydroxyl groups is 1. The Bertz CT molecular complexity index is 1150. The minimum Gasteiger partial charge on any atom is -0.507 e. The molecule has 0 aromatic heterocycles. The fourth-order valence-corrected chi connectivity index (χ4v) is 5.28. The van der Waals surface area contributed by atoms with Gasteiger partial charge in [0.2, 0.25) is 5.91 Å². The zero-order valence-electron chi connectivity index (χ0n) is 21.7. The van der Waals surface area contributed by atoms with Gasteiger partial charge >= 0.3 is 0 Å². The van der Waals surface area contributed by atoms with E-state index in [1.54, 1.807) is 6.07 Å². The number of nitrogens with one attached hydrogen (secondary N) is 1. The number of phenolic OH excluding ortho intramolecular Hbond substituents is 1. The van der Waals surface area contributed by atoms with Crippen molar-refractivity contribution in [1.29, 1.82) is 0 Å². The van der Waals surface area contributed by atoms with Crippen molar-refractivity contribution in [2.75, 3.05) is 6.61 Å². The van der Waals surface area contributed by atoms with Crippen LogP contribution in [0, 0.1) is 17.8 Å². The standard InChI is InChI=1S/C29H35NO6.H2O.2H2/c1-4-21(25(16-31)27(35)11-17(2)32)12-20-13-24-23(9-10-26(34)29(24)28(36)14-20)22-7-5-19(6-8-22)15-30-18(3)33;;;/h5-10,20-21,25,31,34H,4,11-16H2,1-3H3,(H,30,33);1H2;2*1H. The molecule has 2 aromatic carbocycles. The van der Waals surface area contributed by atoms with Crippen molar-refractivity contribution in [2.45, 2.75) is 59.4 Å². The predicted octanol–water partition coefficient (Wildman–Crippen LogP) is 3.68. The first-order valence-electron chi connectivity index (χ1n) is 12.5. The van der Waals surface area contributed by atoms with E-state index in [-0.39, 0.29) is 68.6 Å². The molecule has 1 aliphatic carbocycles. The summed E-state index contributed by atoms with van der Waals surface area (Å²) >= 11 is 0. The van der Waals surface area contributed by atoms with Gasteiger partial charge in [0, 0.05) is 28.7 Å². The number of carbonyl (C=O) groups is 4. The average Bonchev–Trinajstić information content (AvgIpc) is 2.82. The van der Waals surface area contributed by atoms with Crippen LogP contribution in [0.4, 0.5) is 0 Å². The van der Waals surface area contributed by atoms with Crippen LogP contribution in [0.5, 0.6) is 5.75 Å². The molecule has 0 aliphatic heterocycles. The van der Waals surface area contributed by atoms with Gasteiger partial charge in [0.15, 0.2) is 5.78 Å². The largest absolute Gasteiger partial charge is 0.507 e. The van der Waals surface area contributed by atoms with E-state index in [0.29, 0.717) is 31.4 Å². The van der Waals surface area contributed by atoms with Gasteiger partial charge < -0.3 is 21.0 Å². The molecule has 3 rings (SSSR count). The minimum absolute atomic E-state index is 0. The number of phenols is 1. The third-order valence-electron chi connectivity index (χ3n) is 7.11. The van der Waals surface area contributed by atoms with Crippen LogP contribution in [-0.4, -0.2) is 45.6 Å². The number of hydrogen-bond acceptors (Lipinski definition) is 6. The maximum Gasteiger partial charge on any atom is 0.217 e. The lowest BCUT2D eigenvalue weighted by molar-refractivity contribution is -0.131. The Hall–Kier alpha value is -3.36. The summed E-state index contributed by atoms with van der Waals surface area (Å²) in [5, 5.41) is 23.2. The molecule has 1 amide bonds. The minimum atomic E-state index is -0.629. The number of aliphatic hydroxyl groups excluding tert-OH is 1. The Balaban J connectivity index is 0.00000481. The second-order valence-corrected chi connectivity index (χ2v) is 9.83. The van der Waals surface area contributed by atoms with Gasteiger partial charge in [-0.25, -0.2) is 0 Å². The van der Waals surface area contributed by atoms with E-state index in [1.165, 1.54) is 13.8 Å². The molecule has 3 atom stereocenters. The van der Waals surface area contributed by atoms with E-state index >= 15 is 0 Å². The maximum absolute atomic E-state index is 13.1. The van der Waals surface area contributed by atoms with Crippen LogP contribution in [0.2, 0.25) is 0 Å². The van der Waals surface area contributed by atoms with E-state index in [1.807, 2.05) is 37.3 Å². The zero-order valence-corrected chi connectivity index (χ0v) is 21.7. The fourth-order valence-electron chi connectivity index (χ4n) is 5.28. The third kappa shape index (κ3) is 7.33. The number of benzene rings is 2. The first kappa shape index (κ1) is 29.9. The SMILES string of the molecule is CCC(CC1CC(=O)c2c(O)ccc(-c3ccc(CNC(C)=O)cc3)c2C1)C(CO)C(=O)CC(C)=O.O.[HH].[HH]. The number of aliphatic hydroxyl groups is 1. The van der Waals surface area contributed by atoms with Gasteiger partial charge in [-0.05, 0) is 59.9 Å². The number of Topliss-reactive ketones (excluding diaryl/α,β-unsaturated/α-hetero) is 3. The van der Waals surface area contributed by atoms with Crippen molar-refractivity contribution < 1.29 is 37.7 Å². The molecule has 8 nitrogen and oxygen atoms in total. The summed E-state index contributed by atoms with van der Waals surface area (Å²) in [7, 11) is 0. The van der Waals surface area contributed by atoms with Crippen molar-refractivity contribution in [3.05, 3.63) is 53.1 Å². The van der Waals surface area contributed by atoms with Crippen LogP contribution in [0.25, 0.3) is 11.1 Å². The lowest BCUT2D eigenvalue weighted by atomic mass is 9.72. The summed E-state index contributed by atoms with van der Waals surface area (Å²) in [5.74, 6) is -1.56. The van der Waals surface area contributed by atoms with Crippen LogP contribution < -0.4 is 5.32 Å². The van der Waals surface area contributed by atoms with Gasteiger partial charge in [-0.1, -0.05) is 43.7 Å². The molecule has 37 heavy (non-hydrogen) atoms. The van der Waals surface area contributed by atoms with E-state index in [9.17, 15) is 29.4 Å². The number of amides is 1. The molecule has 0 fully saturated rings. The van der Waals surface area contributed by atoms with Crippen LogP contribution in [0.3, 0.4) is 0 Å². The van der Waals surface area contributed by atoms with Gasteiger partial charge in [-0.3, -0.25) is 19.2 Å². The number of carbonyl (C=O) groups excluding carboxylic acids is 4. The molecule has 204 valence electrons. The molecule has 5 N–H and O–H groups in total. The molecule has 8 heteroatoms. The monoisotopic (exact) mass is 515 g/mol. The fraction of sp³-hybridized carbons (Fsp3) is 0.448. The molecule has 1 aliphatic rings. The second-order valence-electron chi connectivity index (χ2n) is 9.83. The van der Waals surface area contributed by atoms with Crippen molar-refractivity contribution >= 4 is 23.3 Å². The van der Waals surface area contributed by atoms with E-state index in [4.69, 9.17) is 0 Å². The Kier molecular flexibility index (Phi) is 10.7. The van der Waals surface area contributed by atoms with Gasteiger partial charge in [0.1, 0.15) is 17.3 Å². The van der Waals surface area contributed by atoms with Crippen molar-refractivity contribution in [1.82, 2.24) is 5.32 Å². The lowest BCUT2D eigenvalue weighted by Crippen LogP contribution is -2.31. The van der Waals surface area contributed by atoms with Crippen LogP contribution >= 0.6 is 0 Å². The Morgan fingerprint density at radius 3 is 2.32 bits per heavy atom. The second kappa shape index (κ2) is 13.3. The third-order valence-corrected chi connectivity index (χ3v) is 7.11. The van der Waals surface area contributed by atoms with Gasteiger partial charge in [0.05, 0.1) is 18.6 Å². The number of hydrogen-bond donors (Lipinski definition) is 3. The van der Waals surface area contributed by atoms with Crippen LogP contribution in [0.15, 0.2) is 36.4 Å². The van der Waals surface area contributed by atoms with E-state index in [0.717, 1.165) is 22.3 Å². The summed E-state index contributed by atoms with van der Waals surface area (Å²) in [5.41, 5.74) is 3.86. The van der Waals surface area contributed by atoms with E-state index < -0.39 is 5.92 Å². The highest BCUT2D eigenvalue weighted by Gasteiger charge is 2.34. The molecule has 0 saturated carbocycles. The number of rotatable bonds is 11. The maximum atomic E-state index is 13.1. The average molecular weight is 516 g/mol. The molecular weight excluding hydrogens is 474 g/mol. The molecule has 0 radical (unpaired) electrons. The van der Waals surface area contributed by atoms with Crippen molar-refractivity contribution in [2.24, 2.45) is 17.8 Å². The first-order chi connectivity index (χ1) is 17.1. The van der Waals surface area contributed by atoms with Gasteiger partial charge in [-0.2, -0.15) is 0 Å². The molecule has 0 heterocycles. The number of fused-ring (bicyclic) bond motifs is 1. The molecular formula is C29H41NO7. The first-order valence-corrected chi connectivity index (χ1v) is 12.5. The topological polar surface area (TPSA) is 152 Å². The molecule has 0 saturated heterocycles. The summed E-state index contributed by atoms with van der Waals surface area (Å²) < 4.78 is 0. The number of ketones is 3. The zero-order chi connectivity index (χ0) is 26.4. The lowest BCUT2D eigenvalue weighted by Gasteiger charge is -2.31. The highest BCUT2D eigenvalue weighted by atomic mass is 16.3. The van der Waals surface area contributed by atoms with E-state index in [2.05, 4.69) is 5.32 Å². The highest BCUT2D eigenvalue weighted by molar-refractivity contribution is 6.03. The molecule has 3 unspecified atom stereocenters. The predicted molar refractivity (Wildman–Crippen MR) is 144 cm³/mol. The Morgan fingerprint density at radius 2 is 1.76 bits per heavy atom. The smallest absolute Gasteiger partial charge is 0.217 e. The highest BCUT2D eigenvalue weighted by Crippen LogP contribution is 2.41. The van der Waals surface area contributed by atoms with Gasteiger partial charge in [0.25, 0.3) is 0 Å². The summed E-state index contributed by atoms with van der Waals surface area (Å²) in [4.78, 5) is 48.4. The molecule has 0 bridgehead atoms. The Labute approximate surface area is 220 Å². The summed E-state index contributed by atoms with van der Waals surface area (Å²) in [6, 6.07) is 11.1. The quantitative estimate of drug-likeness (QED) is 0.388. The molecule has 2 aromatic rings. The molecule has 0 spiro atoms. The Morgan fingerprint density at radius 1 is 1.08 bits per heavy atom. The van der Waals surface area contributed by atoms with Crippen molar-refractivity contribution in [3.63, 3.8) is 0 Å².